The number of ether oxygens (including phenoxy) is 3. The third-order valence-electron chi connectivity index (χ3n) is 3.01. The van der Waals surface area contributed by atoms with Crippen molar-refractivity contribution in [3.63, 3.8) is 0 Å². The molecule has 0 spiro atoms. The fourth-order valence-corrected chi connectivity index (χ4v) is 1.98. The van der Waals surface area contributed by atoms with E-state index < -0.39 is 6.10 Å². The van der Waals surface area contributed by atoms with E-state index in [2.05, 4.69) is 6.92 Å². The Labute approximate surface area is 115 Å². The van der Waals surface area contributed by atoms with Crippen LogP contribution in [0.25, 0.3) is 0 Å². The van der Waals surface area contributed by atoms with Gasteiger partial charge in [0.15, 0.2) is 0 Å². The minimum Gasteiger partial charge on any atom is -0.491 e. The van der Waals surface area contributed by atoms with Crippen LogP contribution in [0.3, 0.4) is 0 Å². The Morgan fingerprint density at radius 1 is 1.16 bits per heavy atom. The molecule has 19 heavy (non-hydrogen) atoms. The van der Waals surface area contributed by atoms with Crippen LogP contribution in [0, 0.1) is 0 Å². The summed E-state index contributed by atoms with van der Waals surface area (Å²) in [6, 6.07) is 7.50. The van der Waals surface area contributed by atoms with Crippen molar-refractivity contribution in [2.24, 2.45) is 0 Å². The molecule has 0 saturated carbocycles. The first-order valence-corrected chi connectivity index (χ1v) is 6.66. The molecule has 0 aromatic heterocycles. The molecule has 1 aromatic rings. The van der Waals surface area contributed by atoms with E-state index in [-0.39, 0.29) is 6.10 Å². The molecule has 0 fully saturated rings. The second-order valence-corrected chi connectivity index (χ2v) is 4.39. The normalized spacial score (nSPS) is 14.1. The lowest BCUT2D eigenvalue weighted by Crippen LogP contribution is -2.21. The maximum atomic E-state index is 10.4. The molecule has 0 amide bonds. The first kappa shape index (κ1) is 16.0. The highest BCUT2D eigenvalue weighted by atomic mass is 16.5. The first-order valence-electron chi connectivity index (χ1n) is 6.66. The zero-order valence-corrected chi connectivity index (χ0v) is 12.0. The smallest absolute Gasteiger partial charge is 0.125 e. The van der Waals surface area contributed by atoms with E-state index in [1.807, 2.05) is 24.3 Å². The van der Waals surface area contributed by atoms with Crippen LogP contribution in [0.1, 0.15) is 31.4 Å². The standard InChI is InChI=1S/C15H24O4/c1-4-7-14(18-3)15(16)12-8-5-6-9-13(12)19-11-10-17-2/h5-6,8-9,14-16H,4,7,10-11H2,1-3H3. The van der Waals surface area contributed by atoms with Crippen LogP contribution >= 0.6 is 0 Å². The van der Waals surface area contributed by atoms with Crippen molar-refractivity contribution in [2.45, 2.75) is 32.0 Å². The molecule has 0 aliphatic carbocycles. The van der Waals surface area contributed by atoms with Gasteiger partial charge in [-0.15, -0.1) is 0 Å². The minimum atomic E-state index is -0.677. The van der Waals surface area contributed by atoms with Gasteiger partial charge in [0.25, 0.3) is 0 Å². The van der Waals surface area contributed by atoms with Gasteiger partial charge in [-0.2, -0.15) is 0 Å². The molecule has 0 bridgehead atoms. The van der Waals surface area contributed by atoms with Gasteiger partial charge in [-0.25, -0.2) is 0 Å². The van der Waals surface area contributed by atoms with Crippen LogP contribution in [0.4, 0.5) is 0 Å². The number of para-hydroxylation sites is 1. The van der Waals surface area contributed by atoms with Gasteiger partial charge in [-0.3, -0.25) is 0 Å². The Bertz CT molecular complexity index is 354. The molecule has 108 valence electrons. The monoisotopic (exact) mass is 268 g/mol. The van der Waals surface area contributed by atoms with E-state index in [1.54, 1.807) is 14.2 Å². The van der Waals surface area contributed by atoms with E-state index in [0.29, 0.717) is 19.0 Å². The van der Waals surface area contributed by atoms with E-state index in [4.69, 9.17) is 14.2 Å². The van der Waals surface area contributed by atoms with Crippen molar-refractivity contribution in [1.29, 1.82) is 0 Å². The number of aliphatic hydroxyl groups excluding tert-OH is 1. The summed E-state index contributed by atoms with van der Waals surface area (Å²) in [5, 5.41) is 10.4. The molecule has 4 nitrogen and oxygen atoms in total. The number of hydrogen-bond acceptors (Lipinski definition) is 4. The van der Waals surface area contributed by atoms with E-state index in [1.165, 1.54) is 0 Å². The third-order valence-corrected chi connectivity index (χ3v) is 3.01. The van der Waals surface area contributed by atoms with Gasteiger partial charge in [-0.1, -0.05) is 31.5 Å². The van der Waals surface area contributed by atoms with Crippen LogP contribution in [0.2, 0.25) is 0 Å². The number of benzene rings is 1. The summed E-state index contributed by atoms with van der Waals surface area (Å²) < 4.78 is 15.9. The molecule has 2 atom stereocenters. The highest BCUT2D eigenvalue weighted by molar-refractivity contribution is 5.35. The summed E-state index contributed by atoms with van der Waals surface area (Å²) in [6.45, 7) is 3.05. The third kappa shape index (κ3) is 4.82. The molecule has 1 N–H and O–H groups in total. The van der Waals surface area contributed by atoms with Gasteiger partial charge in [0.1, 0.15) is 18.5 Å². The van der Waals surface area contributed by atoms with Crippen molar-refractivity contribution >= 4 is 0 Å². The van der Waals surface area contributed by atoms with Crippen molar-refractivity contribution in [3.8, 4) is 5.75 Å². The molecular weight excluding hydrogens is 244 g/mol. The zero-order valence-electron chi connectivity index (χ0n) is 12.0. The lowest BCUT2D eigenvalue weighted by molar-refractivity contribution is -0.0193. The van der Waals surface area contributed by atoms with Crippen LogP contribution < -0.4 is 4.74 Å². The van der Waals surface area contributed by atoms with Crippen molar-refractivity contribution in [2.75, 3.05) is 27.4 Å². The molecule has 1 aromatic carbocycles. The maximum absolute atomic E-state index is 10.4. The Balaban J connectivity index is 2.79. The Morgan fingerprint density at radius 2 is 1.89 bits per heavy atom. The lowest BCUT2D eigenvalue weighted by atomic mass is 10.00. The minimum absolute atomic E-state index is 0.211. The average Bonchev–Trinajstić information content (AvgIpc) is 2.45. The van der Waals surface area contributed by atoms with Crippen LogP contribution in [-0.2, 0) is 9.47 Å². The predicted octanol–water partition coefficient (Wildman–Crippen LogP) is 2.56. The fraction of sp³-hybridized carbons (Fsp3) is 0.600. The first-order chi connectivity index (χ1) is 9.24. The van der Waals surface area contributed by atoms with Gasteiger partial charge in [0.2, 0.25) is 0 Å². The summed E-state index contributed by atoms with van der Waals surface area (Å²) >= 11 is 0. The Hall–Kier alpha value is -1.10. The Kier molecular flexibility index (Phi) is 7.48. The van der Waals surface area contributed by atoms with Gasteiger partial charge in [-0.05, 0) is 12.5 Å². The molecular formula is C15H24O4. The molecule has 4 heteroatoms. The van der Waals surface area contributed by atoms with E-state index in [9.17, 15) is 5.11 Å². The topological polar surface area (TPSA) is 47.9 Å². The molecule has 0 aliphatic rings. The molecule has 1 rings (SSSR count). The molecule has 0 saturated heterocycles. The number of hydrogen-bond donors (Lipinski definition) is 1. The van der Waals surface area contributed by atoms with E-state index in [0.717, 1.165) is 18.4 Å². The van der Waals surface area contributed by atoms with Gasteiger partial charge < -0.3 is 19.3 Å². The van der Waals surface area contributed by atoms with Gasteiger partial charge >= 0.3 is 0 Å². The summed E-state index contributed by atoms with van der Waals surface area (Å²) in [5.74, 6) is 0.685. The highest BCUT2D eigenvalue weighted by Gasteiger charge is 2.22. The van der Waals surface area contributed by atoms with E-state index >= 15 is 0 Å². The molecule has 0 aliphatic heterocycles. The van der Waals surface area contributed by atoms with Crippen LogP contribution in [0.15, 0.2) is 24.3 Å². The predicted molar refractivity (Wildman–Crippen MR) is 74.5 cm³/mol. The quantitative estimate of drug-likeness (QED) is 0.699. The average molecular weight is 268 g/mol. The van der Waals surface area contributed by atoms with Crippen molar-refractivity contribution in [3.05, 3.63) is 29.8 Å². The fourth-order valence-electron chi connectivity index (χ4n) is 1.98. The van der Waals surface area contributed by atoms with Gasteiger partial charge in [0.05, 0.1) is 12.7 Å². The summed E-state index contributed by atoms with van der Waals surface area (Å²) in [6.07, 6.45) is 0.882. The largest absolute Gasteiger partial charge is 0.491 e. The van der Waals surface area contributed by atoms with Crippen LogP contribution in [-0.4, -0.2) is 38.6 Å². The van der Waals surface area contributed by atoms with Crippen molar-refractivity contribution < 1.29 is 19.3 Å². The lowest BCUT2D eigenvalue weighted by Gasteiger charge is -2.23. The number of rotatable bonds is 9. The SMILES string of the molecule is CCCC(OC)C(O)c1ccccc1OCCOC. The maximum Gasteiger partial charge on any atom is 0.125 e. The summed E-state index contributed by atoms with van der Waals surface area (Å²) in [7, 11) is 3.25. The second kappa shape index (κ2) is 8.91. The highest BCUT2D eigenvalue weighted by Crippen LogP contribution is 2.29. The second-order valence-electron chi connectivity index (χ2n) is 4.39. The van der Waals surface area contributed by atoms with Crippen LogP contribution in [0.5, 0.6) is 5.75 Å². The molecule has 2 unspecified atom stereocenters. The summed E-state index contributed by atoms with van der Waals surface area (Å²) in [4.78, 5) is 0. The number of aliphatic hydroxyl groups is 1. The van der Waals surface area contributed by atoms with Gasteiger partial charge in [0, 0.05) is 19.8 Å². The zero-order chi connectivity index (χ0) is 14.1. The summed E-state index contributed by atoms with van der Waals surface area (Å²) in [5.41, 5.74) is 0.763. The number of methoxy groups -OCH3 is 2. The van der Waals surface area contributed by atoms with Crippen molar-refractivity contribution in [1.82, 2.24) is 0 Å². The Morgan fingerprint density at radius 3 is 2.53 bits per heavy atom. The molecule has 0 heterocycles. The molecule has 0 radical (unpaired) electrons.